The van der Waals surface area contributed by atoms with Gasteiger partial charge in [-0.05, 0) is 30.9 Å². The highest BCUT2D eigenvalue weighted by molar-refractivity contribution is 5.65. The minimum atomic E-state index is -0.351. The first-order valence-corrected chi connectivity index (χ1v) is 6.82. The molecule has 0 heterocycles. The molecular weight excluding hydrogens is 244 g/mol. The van der Waals surface area contributed by atoms with Gasteiger partial charge in [0.2, 0.25) is 0 Å². The number of benzene rings is 1. The molecule has 1 aliphatic carbocycles. The monoisotopic (exact) mass is 264 g/mol. The maximum Gasteiger partial charge on any atom is 0.292 e. The van der Waals surface area contributed by atoms with Gasteiger partial charge < -0.3 is 10.0 Å². The van der Waals surface area contributed by atoms with E-state index in [0.717, 1.165) is 32.2 Å². The number of rotatable bonds is 7. The predicted octanol–water partition coefficient (Wildman–Crippen LogP) is 2.86. The summed E-state index contributed by atoms with van der Waals surface area (Å²) in [5.74, 6) is 0. The zero-order chi connectivity index (χ0) is 13.8. The van der Waals surface area contributed by atoms with Crippen LogP contribution < -0.4 is 4.90 Å². The van der Waals surface area contributed by atoms with E-state index in [1.165, 1.54) is 6.07 Å². The lowest BCUT2D eigenvalue weighted by Gasteiger charge is -2.24. The van der Waals surface area contributed by atoms with Crippen molar-refractivity contribution in [2.75, 3.05) is 11.4 Å². The number of nitrogens with zero attached hydrogens (tertiary/aromatic N) is 2. The topological polar surface area (TPSA) is 66.6 Å². The predicted molar refractivity (Wildman–Crippen MR) is 74.3 cm³/mol. The van der Waals surface area contributed by atoms with Crippen molar-refractivity contribution in [1.29, 1.82) is 0 Å². The van der Waals surface area contributed by atoms with Gasteiger partial charge in [-0.25, -0.2) is 0 Å². The number of nitro groups is 1. The van der Waals surface area contributed by atoms with Crippen molar-refractivity contribution in [3.63, 3.8) is 0 Å². The Labute approximate surface area is 113 Å². The number of aliphatic hydroxyl groups excluding tert-OH is 1. The quantitative estimate of drug-likeness (QED) is 0.607. The van der Waals surface area contributed by atoms with E-state index in [0.29, 0.717) is 17.3 Å². The zero-order valence-electron chi connectivity index (χ0n) is 11.2. The molecule has 1 aromatic rings. The standard InChI is InChI=1S/C14H20N2O3/c1-2-3-8-15(12-5-6-12)13-7-4-11(10-17)9-14(13)16(18)19/h4,7,9,12,17H,2-3,5-6,8,10H2,1H3. The van der Waals surface area contributed by atoms with Gasteiger partial charge in [0.15, 0.2) is 0 Å². The van der Waals surface area contributed by atoms with Crippen LogP contribution in [0.25, 0.3) is 0 Å². The SMILES string of the molecule is CCCCN(c1ccc(CO)cc1[N+](=O)[O-])C1CC1. The molecule has 19 heavy (non-hydrogen) atoms. The zero-order valence-corrected chi connectivity index (χ0v) is 11.2. The first-order chi connectivity index (χ1) is 9.17. The van der Waals surface area contributed by atoms with Gasteiger partial charge in [-0.2, -0.15) is 0 Å². The Morgan fingerprint density at radius 3 is 2.74 bits per heavy atom. The summed E-state index contributed by atoms with van der Waals surface area (Å²) < 4.78 is 0. The second kappa shape index (κ2) is 6.02. The lowest BCUT2D eigenvalue weighted by atomic mass is 10.1. The highest BCUT2D eigenvalue weighted by atomic mass is 16.6. The van der Waals surface area contributed by atoms with E-state index < -0.39 is 0 Å². The maximum absolute atomic E-state index is 11.2. The van der Waals surface area contributed by atoms with Crippen molar-refractivity contribution in [3.8, 4) is 0 Å². The first kappa shape index (κ1) is 13.8. The molecule has 0 bridgehead atoms. The van der Waals surface area contributed by atoms with E-state index in [-0.39, 0.29) is 17.2 Å². The van der Waals surface area contributed by atoms with E-state index in [1.54, 1.807) is 12.1 Å². The second-order valence-corrected chi connectivity index (χ2v) is 5.02. The van der Waals surface area contributed by atoms with Gasteiger partial charge in [-0.15, -0.1) is 0 Å². The molecule has 1 fully saturated rings. The largest absolute Gasteiger partial charge is 0.392 e. The second-order valence-electron chi connectivity index (χ2n) is 5.02. The number of hydrogen-bond acceptors (Lipinski definition) is 4. The molecule has 1 saturated carbocycles. The third-order valence-corrected chi connectivity index (χ3v) is 3.47. The molecule has 0 amide bonds. The van der Waals surface area contributed by atoms with Crippen LogP contribution in [0.3, 0.4) is 0 Å². The van der Waals surface area contributed by atoms with Crippen LogP contribution in [-0.2, 0) is 6.61 Å². The van der Waals surface area contributed by atoms with E-state index in [2.05, 4.69) is 11.8 Å². The molecule has 0 radical (unpaired) electrons. The Balaban J connectivity index is 2.32. The number of anilines is 1. The van der Waals surface area contributed by atoms with Crippen molar-refractivity contribution < 1.29 is 10.0 Å². The molecule has 5 heteroatoms. The molecule has 0 saturated heterocycles. The summed E-state index contributed by atoms with van der Waals surface area (Å²) in [4.78, 5) is 13.0. The van der Waals surface area contributed by atoms with Gasteiger partial charge in [0.05, 0.1) is 11.5 Å². The van der Waals surface area contributed by atoms with Crippen molar-refractivity contribution in [2.24, 2.45) is 0 Å². The van der Waals surface area contributed by atoms with Crippen LogP contribution >= 0.6 is 0 Å². The number of hydrogen-bond donors (Lipinski definition) is 1. The van der Waals surface area contributed by atoms with E-state index >= 15 is 0 Å². The molecule has 0 aromatic heterocycles. The fourth-order valence-electron chi connectivity index (χ4n) is 2.27. The van der Waals surface area contributed by atoms with Crippen LogP contribution in [0.15, 0.2) is 18.2 Å². The lowest BCUT2D eigenvalue weighted by molar-refractivity contribution is -0.384. The third-order valence-electron chi connectivity index (χ3n) is 3.47. The fourth-order valence-corrected chi connectivity index (χ4v) is 2.27. The molecule has 1 aliphatic rings. The smallest absolute Gasteiger partial charge is 0.292 e. The normalized spacial score (nSPS) is 14.4. The average molecular weight is 264 g/mol. The summed E-state index contributed by atoms with van der Waals surface area (Å²) in [6, 6.07) is 5.48. The summed E-state index contributed by atoms with van der Waals surface area (Å²) >= 11 is 0. The van der Waals surface area contributed by atoms with Gasteiger partial charge in [0, 0.05) is 18.7 Å². The minimum Gasteiger partial charge on any atom is -0.392 e. The molecule has 2 rings (SSSR count). The van der Waals surface area contributed by atoms with Crippen LogP contribution in [0.4, 0.5) is 11.4 Å². The highest BCUT2D eigenvalue weighted by Crippen LogP contribution is 2.37. The van der Waals surface area contributed by atoms with Crippen molar-refractivity contribution in [2.45, 2.75) is 45.3 Å². The first-order valence-electron chi connectivity index (χ1n) is 6.82. The molecular formula is C14H20N2O3. The molecule has 1 N–H and O–H groups in total. The Bertz CT molecular complexity index is 458. The molecule has 5 nitrogen and oxygen atoms in total. The summed E-state index contributed by atoms with van der Waals surface area (Å²) in [7, 11) is 0. The third kappa shape index (κ3) is 3.23. The molecule has 0 spiro atoms. The maximum atomic E-state index is 11.2. The summed E-state index contributed by atoms with van der Waals surface area (Å²) in [6.45, 7) is 2.81. The molecule has 0 aliphatic heterocycles. The van der Waals surface area contributed by atoms with Gasteiger partial charge in [0.25, 0.3) is 5.69 Å². The van der Waals surface area contributed by atoms with E-state index in [1.807, 2.05) is 0 Å². The van der Waals surface area contributed by atoms with Crippen LogP contribution in [0.5, 0.6) is 0 Å². The molecule has 0 atom stereocenters. The number of unbranched alkanes of at least 4 members (excludes halogenated alkanes) is 1. The number of aliphatic hydroxyl groups is 1. The Kier molecular flexibility index (Phi) is 4.37. The summed E-state index contributed by atoms with van der Waals surface area (Å²) in [5, 5.41) is 20.3. The fraction of sp³-hybridized carbons (Fsp3) is 0.571. The Hall–Kier alpha value is -1.62. The Morgan fingerprint density at radius 2 is 2.21 bits per heavy atom. The van der Waals surface area contributed by atoms with Crippen molar-refractivity contribution >= 4 is 11.4 Å². The molecule has 104 valence electrons. The number of nitro benzene ring substituents is 1. The van der Waals surface area contributed by atoms with Crippen LogP contribution in [-0.4, -0.2) is 22.6 Å². The van der Waals surface area contributed by atoms with Crippen molar-refractivity contribution in [3.05, 3.63) is 33.9 Å². The van der Waals surface area contributed by atoms with Gasteiger partial charge in [-0.3, -0.25) is 10.1 Å². The molecule has 0 unspecified atom stereocenters. The minimum absolute atomic E-state index is 0.106. The highest BCUT2D eigenvalue weighted by Gasteiger charge is 2.32. The summed E-state index contributed by atoms with van der Waals surface area (Å²) in [6.07, 6.45) is 4.34. The molecule has 1 aromatic carbocycles. The average Bonchev–Trinajstić information content (AvgIpc) is 3.23. The van der Waals surface area contributed by atoms with Crippen molar-refractivity contribution in [1.82, 2.24) is 0 Å². The van der Waals surface area contributed by atoms with Crippen LogP contribution in [0.1, 0.15) is 38.2 Å². The summed E-state index contributed by atoms with van der Waals surface area (Å²) in [5.41, 5.74) is 1.38. The van der Waals surface area contributed by atoms with Gasteiger partial charge in [-0.1, -0.05) is 19.4 Å². The van der Waals surface area contributed by atoms with Crippen LogP contribution in [0.2, 0.25) is 0 Å². The van der Waals surface area contributed by atoms with E-state index in [9.17, 15) is 10.1 Å². The lowest BCUT2D eigenvalue weighted by Crippen LogP contribution is -2.27. The van der Waals surface area contributed by atoms with E-state index in [4.69, 9.17) is 5.11 Å². The van der Waals surface area contributed by atoms with Gasteiger partial charge in [0.1, 0.15) is 5.69 Å². The Morgan fingerprint density at radius 1 is 1.47 bits per heavy atom. The van der Waals surface area contributed by atoms with Gasteiger partial charge >= 0.3 is 0 Å². The van der Waals surface area contributed by atoms with Crippen LogP contribution in [0, 0.1) is 10.1 Å².